The number of phenolic OH excluding ortho intramolecular Hbond substituents is 2. The summed E-state index contributed by atoms with van der Waals surface area (Å²) in [4.78, 5) is 0. The van der Waals surface area contributed by atoms with Crippen LogP contribution in [0.25, 0.3) is 10.8 Å². The minimum atomic E-state index is -1.28. The van der Waals surface area contributed by atoms with Crippen LogP contribution in [-0.2, 0) is 11.8 Å². The Balaban J connectivity index is 2.83. The predicted molar refractivity (Wildman–Crippen MR) is 74.2 cm³/mol. The Morgan fingerprint density at radius 2 is 2.06 bits per heavy atom. The predicted octanol–water partition coefficient (Wildman–Crippen LogP) is 2.73. The van der Waals surface area contributed by atoms with Crippen molar-refractivity contribution in [2.24, 2.45) is 0 Å². The summed E-state index contributed by atoms with van der Waals surface area (Å²) in [7, 11) is 0. The van der Waals surface area contributed by atoms with Crippen molar-refractivity contribution in [3.05, 3.63) is 35.6 Å². The molecule has 6 heteroatoms. The topological polar surface area (TPSA) is 40.5 Å². The van der Waals surface area contributed by atoms with Gasteiger partial charge >= 0.3 is 121 Å². The Hall–Kier alpha value is -0.638. The van der Waals surface area contributed by atoms with E-state index < -0.39 is 28.9 Å². The fourth-order valence-corrected chi connectivity index (χ4v) is 5.09. The third kappa shape index (κ3) is 2.85. The molecule has 86 valence electrons. The quantitative estimate of drug-likeness (QED) is 0.355. The van der Waals surface area contributed by atoms with Crippen LogP contribution in [0, 0.1) is 15.2 Å². The van der Waals surface area contributed by atoms with Gasteiger partial charge in [-0.2, -0.15) is 0 Å². The van der Waals surface area contributed by atoms with Gasteiger partial charge in [0.2, 0.25) is 0 Å². The molecule has 0 unspecified atom stereocenters. The van der Waals surface area contributed by atoms with Crippen molar-refractivity contribution in [2.45, 2.75) is 0 Å². The zero-order chi connectivity index (χ0) is 13.1. The van der Waals surface area contributed by atoms with Crippen molar-refractivity contribution in [2.75, 3.05) is 0 Å². The van der Waals surface area contributed by atoms with Crippen LogP contribution in [0.4, 0.5) is 4.39 Å². The molecule has 0 fully saturated rings. The van der Waals surface area contributed by atoms with Gasteiger partial charge in [0.05, 0.1) is 0 Å². The van der Waals surface area contributed by atoms with Crippen LogP contribution in [0.5, 0.6) is 11.5 Å². The molecule has 0 atom stereocenters. The van der Waals surface area contributed by atoms with Gasteiger partial charge in [0, 0.05) is 0 Å². The first kappa shape index (κ1) is 13.8. The molecule has 2 aromatic rings. The minimum absolute atomic E-state index is 0.0614. The second-order valence-electron chi connectivity index (χ2n) is 3.49. The molecule has 2 aromatic carbocycles. The van der Waals surface area contributed by atoms with Crippen molar-refractivity contribution in [1.82, 2.24) is 0 Å². The Morgan fingerprint density at radius 3 is 2.78 bits per heavy atom. The monoisotopic (exact) mass is 469 g/mol. The molecule has 0 aliphatic carbocycles. The van der Waals surface area contributed by atoms with Gasteiger partial charge in [-0.1, -0.05) is 0 Å². The van der Waals surface area contributed by atoms with E-state index in [1.807, 2.05) is 0 Å². The molecule has 0 heterocycles. The van der Waals surface area contributed by atoms with E-state index in [1.54, 1.807) is 0 Å². The number of fused-ring (bicyclic) bond motifs is 1. The zero-order valence-corrected chi connectivity index (χ0v) is 15.2. The fraction of sp³-hybridized carbons (Fsp3) is 0. The Labute approximate surface area is 120 Å². The molecule has 2 nitrogen and oxygen atoms in total. The van der Waals surface area contributed by atoms with Gasteiger partial charge in [-0.25, -0.2) is 0 Å². The number of rotatable bonds is 0. The van der Waals surface area contributed by atoms with Gasteiger partial charge in [-0.05, 0) is 0 Å². The van der Waals surface area contributed by atoms with E-state index in [4.69, 9.17) is 11.8 Å². The molecule has 18 heavy (non-hydrogen) atoms. The molecule has 0 bridgehead atoms. The van der Waals surface area contributed by atoms with Crippen molar-refractivity contribution < 1.29 is 14.6 Å². The van der Waals surface area contributed by atoms with E-state index in [-0.39, 0.29) is 17.1 Å². The molecule has 0 aliphatic heterocycles. The SMILES string of the molecule is Oc1cc(O)c2c(C#[C][Tl]=[P+]=S)c(F)ccc2c1. The van der Waals surface area contributed by atoms with Gasteiger partial charge in [0.25, 0.3) is 0 Å². The molecule has 0 radical (unpaired) electrons. The van der Waals surface area contributed by atoms with E-state index in [1.165, 1.54) is 24.3 Å². The van der Waals surface area contributed by atoms with E-state index >= 15 is 0 Å². The standard InChI is InChI=1S/C12H6FO2.PS.Tl/c1-2-9-10(13)4-3-7-5-8(14)6-11(15)12(7)9;1-2;/h3-6,14-15H;;/q;-1;+2. The molecule has 0 aromatic heterocycles. The van der Waals surface area contributed by atoms with Gasteiger partial charge in [0.1, 0.15) is 0 Å². The van der Waals surface area contributed by atoms with Gasteiger partial charge in [0.15, 0.2) is 0 Å². The summed E-state index contributed by atoms with van der Waals surface area (Å²) in [6.45, 7) is 0. The molecule has 0 aliphatic rings. The van der Waals surface area contributed by atoms with Crippen molar-refractivity contribution in [1.29, 1.82) is 0 Å². The Kier molecular flexibility index (Phi) is 4.60. The second kappa shape index (κ2) is 6.00. The Bertz CT molecular complexity index is 745. The molecule has 0 saturated heterocycles. The van der Waals surface area contributed by atoms with Crippen LogP contribution < -0.4 is 0 Å². The molecule has 0 saturated carbocycles. The number of halogens is 1. The maximum atomic E-state index is 13.7. The number of hydrogen-bond acceptors (Lipinski definition) is 3. The third-order valence-corrected chi connectivity index (χ3v) is 8.65. The third-order valence-electron chi connectivity index (χ3n) is 2.35. The van der Waals surface area contributed by atoms with Gasteiger partial charge < -0.3 is 0 Å². The average Bonchev–Trinajstić information content (AvgIpc) is 2.32. The number of aromatic hydroxyl groups is 2. The van der Waals surface area contributed by atoms with Crippen molar-refractivity contribution >= 4 is 49.7 Å². The molecule has 0 spiro atoms. The molecular weight excluding hydrogens is 463 g/mol. The van der Waals surface area contributed by atoms with Crippen LogP contribution >= 0.6 is 4.00 Å². The first-order valence-electron chi connectivity index (χ1n) is 4.93. The van der Waals surface area contributed by atoms with E-state index in [0.29, 0.717) is 10.8 Å². The molecule has 0 amide bonds. The van der Waals surface area contributed by atoms with Crippen LogP contribution in [0.3, 0.4) is 0 Å². The number of phenols is 2. The van der Waals surface area contributed by atoms with Crippen molar-refractivity contribution in [3.63, 3.8) is 0 Å². The number of benzene rings is 2. The summed E-state index contributed by atoms with van der Waals surface area (Å²) in [5.41, 5.74) is 0.180. The van der Waals surface area contributed by atoms with Gasteiger partial charge in [-0.3, -0.25) is 0 Å². The summed E-state index contributed by atoms with van der Waals surface area (Å²) in [6, 6.07) is 5.44. The average molecular weight is 469 g/mol. The van der Waals surface area contributed by atoms with Gasteiger partial charge in [-0.15, -0.1) is 0 Å². The molecular formula is C12H6FO2PSTl+. The zero-order valence-electron chi connectivity index (χ0n) is 9.01. The second-order valence-corrected chi connectivity index (χ2v) is 16.1. The van der Waals surface area contributed by atoms with E-state index in [0.717, 1.165) is 4.00 Å². The summed E-state index contributed by atoms with van der Waals surface area (Å²) < 4.78 is 17.6. The van der Waals surface area contributed by atoms with E-state index in [9.17, 15) is 14.6 Å². The van der Waals surface area contributed by atoms with Crippen molar-refractivity contribution in [3.8, 4) is 20.9 Å². The summed E-state index contributed by atoms with van der Waals surface area (Å²) >= 11 is 3.55. The van der Waals surface area contributed by atoms with E-state index in [2.05, 4.69) is 9.40 Å². The first-order chi connectivity index (χ1) is 8.63. The number of hydrogen-bond donors (Lipinski definition) is 2. The maximum absolute atomic E-state index is 13.7. The fourth-order valence-electron chi connectivity index (χ4n) is 1.66. The first-order valence-corrected chi connectivity index (χ1v) is 15.2. The Morgan fingerprint density at radius 1 is 1.28 bits per heavy atom. The van der Waals surface area contributed by atoms with Crippen LogP contribution in [0.2, 0.25) is 0 Å². The molecule has 2 rings (SSSR count). The summed E-state index contributed by atoms with van der Waals surface area (Å²) in [5, 5.41) is 20.1. The van der Waals surface area contributed by atoms with Crippen LogP contribution in [0.15, 0.2) is 24.3 Å². The molecule has 2 N–H and O–H groups in total. The van der Waals surface area contributed by atoms with Crippen LogP contribution in [0.1, 0.15) is 5.56 Å². The normalized spacial score (nSPS) is 9.39. The summed E-state index contributed by atoms with van der Waals surface area (Å²) in [6.07, 6.45) is 0. The summed E-state index contributed by atoms with van der Waals surface area (Å²) in [5.74, 6) is 2.07. The van der Waals surface area contributed by atoms with Crippen LogP contribution in [-0.4, -0.2) is 33.3 Å².